The Morgan fingerprint density at radius 3 is 2.93 bits per heavy atom. The second-order valence-corrected chi connectivity index (χ2v) is 4.16. The number of rotatable bonds is 2. The van der Waals surface area contributed by atoms with E-state index in [1.54, 1.807) is 0 Å². The summed E-state index contributed by atoms with van der Waals surface area (Å²) in [5.74, 6) is 0.194. The van der Waals surface area contributed by atoms with Crippen molar-refractivity contribution in [3.05, 3.63) is 0 Å². The number of carbonyl (C=O) groups excluding carboxylic acids is 1. The Kier molecular flexibility index (Phi) is 3.03. The highest BCUT2D eigenvalue weighted by Crippen LogP contribution is 2.19. The van der Waals surface area contributed by atoms with Gasteiger partial charge >= 0.3 is 0 Å². The number of likely N-dealkylation sites (tertiary alicyclic amines) is 1. The van der Waals surface area contributed by atoms with Crippen LogP contribution < -0.4 is 5.32 Å². The van der Waals surface area contributed by atoms with Gasteiger partial charge in [-0.1, -0.05) is 0 Å². The third-order valence-electron chi connectivity index (χ3n) is 3.23. The molecule has 0 spiro atoms. The number of aliphatic hydroxyl groups excluding tert-OH is 1. The molecular weight excluding hydrogens is 180 g/mol. The minimum Gasteiger partial charge on any atom is -0.394 e. The van der Waals surface area contributed by atoms with E-state index in [9.17, 15) is 4.79 Å². The van der Waals surface area contributed by atoms with Crippen molar-refractivity contribution in [2.24, 2.45) is 0 Å². The highest BCUT2D eigenvalue weighted by molar-refractivity contribution is 5.82. The van der Waals surface area contributed by atoms with E-state index in [0.29, 0.717) is 0 Å². The largest absolute Gasteiger partial charge is 0.394 e. The molecule has 2 fully saturated rings. The van der Waals surface area contributed by atoms with E-state index in [-0.39, 0.29) is 24.6 Å². The topological polar surface area (TPSA) is 52.6 Å². The molecule has 0 radical (unpaired) electrons. The van der Waals surface area contributed by atoms with Gasteiger partial charge in [-0.05, 0) is 32.2 Å². The fourth-order valence-electron chi connectivity index (χ4n) is 2.41. The molecule has 0 aromatic rings. The van der Waals surface area contributed by atoms with Crippen LogP contribution in [0.2, 0.25) is 0 Å². The summed E-state index contributed by atoms with van der Waals surface area (Å²) in [5, 5.41) is 12.3. The first-order valence-electron chi connectivity index (χ1n) is 5.47. The number of amides is 1. The second-order valence-electron chi connectivity index (χ2n) is 4.16. The highest BCUT2D eigenvalue weighted by atomic mass is 16.3. The van der Waals surface area contributed by atoms with Gasteiger partial charge in [0.1, 0.15) is 0 Å². The average Bonchev–Trinajstić information content (AvgIpc) is 2.87. The molecule has 14 heavy (non-hydrogen) atoms. The maximum atomic E-state index is 12.0. The molecular formula is C10H18N2O2. The third kappa shape index (κ3) is 1.77. The Balaban J connectivity index is 1.95. The van der Waals surface area contributed by atoms with Crippen molar-refractivity contribution in [2.75, 3.05) is 19.7 Å². The SMILES string of the molecule is O=C([C@H]1CCCN1)N1CCC[C@@H]1CO. The smallest absolute Gasteiger partial charge is 0.240 e. The number of hydrogen-bond acceptors (Lipinski definition) is 3. The van der Waals surface area contributed by atoms with Crippen LogP contribution in [0.15, 0.2) is 0 Å². The van der Waals surface area contributed by atoms with Crippen molar-refractivity contribution in [2.45, 2.75) is 37.8 Å². The molecule has 4 nitrogen and oxygen atoms in total. The zero-order valence-corrected chi connectivity index (χ0v) is 8.41. The molecule has 0 saturated carbocycles. The summed E-state index contributed by atoms with van der Waals surface area (Å²) >= 11 is 0. The Hall–Kier alpha value is -0.610. The molecule has 0 unspecified atom stereocenters. The molecule has 2 aliphatic rings. The Labute approximate surface area is 84.3 Å². The van der Waals surface area contributed by atoms with E-state index in [2.05, 4.69) is 5.32 Å². The van der Waals surface area contributed by atoms with E-state index in [1.165, 1.54) is 0 Å². The molecule has 2 saturated heterocycles. The predicted molar refractivity (Wildman–Crippen MR) is 52.8 cm³/mol. The van der Waals surface area contributed by atoms with Crippen LogP contribution in [0.5, 0.6) is 0 Å². The first-order chi connectivity index (χ1) is 6.83. The standard InChI is InChI=1S/C10H18N2O2/c13-7-8-3-2-6-12(8)10(14)9-4-1-5-11-9/h8-9,11,13H,1-7H2/t8-,9-/m1/s1. The normalized spacial score (nSPS) is 32.5. The fraction of sp³-hybridized carbons (Fsp3) is 0.900. The molecule has 2 aliphatic heterocycles. The van der Waals surface area contributed by atoms with Gasteiger partial charge in [0.25, 0.3) is 0 Å². The van der Waals surface area contributed by atoms with Gasteiger partial charge in [-0.25, -0.2) is 0 Å². The number of hydrogen-bond donors (Lipinski definition) is 2. The Morgan fingerprint density at radius 1 is 1.43 bits per heavy atom. The number of nitrogens with one attached hydrogen (secondary N) is 1. The maximum Gasteiger partial charge on any atom is 0.240 e. The van der Waals surface area contributed by atoms with Crippen LogP contribution in [0.25, 0.3) is 0 Å². The van der Waals surface area contributed by atoms with Gasteiger partial charge in [-0.15, -0.1) is 0 Å². The van der Waals surface area contributed by atoms with Crippen LogP contribution in [-0.2, 0) is 4.79 Å². The van der Waals surface area contributed by atoms with E-state index in [4.69, 9.17) is 5.11 Å². The van der Waals surface area contributed by atoms with Gasteiger partial charge in [-0.3, -0.25) is 4.79 Å². The van der Waals surface area contributed by atoms with E-state index >= 15 is 0 Å². The highest BCUT2D eigenvalue weighted by Gasteiger charge is 2.33. The summed E-state index contributed by atoms with van der Waals surface area (Å²) in [6.45, 7) is 1.88. The molecule has 0 aromatic heterocycles. The quantitative estimate of drug-likeness (QED) is 0.642. The first kappa shape index (κ1) is 9.93. The first-order valence-corrected chi connectivity index (χ1v) is 5.47. The summed E-state index contributed by atoms with van der Waals surface area (Å²) < 4.78 is 0. The van der Waals surface area contributed by atoms with Gasteiger partial charge < -0.3 is 15.3 Å². The number of carbonyl (C=O) groups is 1. The molecule has 0 bridgehead atoms. The van der Waals surface area contributed by atoms with Gasteiger partial charge in [0, 0.05) is 6.54 Å². The van der Waals surface area contributed by atoms with Crippen molar-refractivity contribution >= 4 is 5.91 Å². The third-order valence-corrected chi connectivity index (χ3v) is 3.23. The zero-order chi connectivity index (χ0) is 9.97. The van der Waals surface area contributed by atoms with Crippen molar-refractivity contribution in [3.63, 3.8) is 0 Å². The van der Waals surface area contributed by atoms with Crippen LogP contribution in [0.4, 0.5) is 0 Å². The number of nitrogens with zero attached hydrogens (tertiary/aromatic N) is 1. The Bertz CT molecular complexity index is 214. The molecule has 4 heteroatoms. The molecule has 80 valence electrons. The monoisotopic (exact) mass is 198 g/mol. The summed E-state index contributed by atoms with van der Waals surface area (Å²) in [6, 6.07) is 0.0899. The van der Waals surface area contributed by atoms with Crippen LogP contribution in [0.3, 0.4) is 0 Å². The van der Waals surface area contributed by atoms with E-state index < -0.39 is 0 Å². The lowest BCUT2D eigenvalue weighted by Gasteiger charge is -2.26. The molecule has 2 rings (SSSR count). The predicted octanol–water partition coefficient (Wildman–Crippen LogP) is -0.278. The molecule has 1 amide bonds. The summed E-state index contributed by atoms with van der Waals surface area (Å²) in [4.78, 5) is 13.8. The zero-order valence-electron chi connectivity index (χ0n) is 8.41. The van der Waals surface area contributed by atoms with Gasteiger partial charge in [-0.2, -0.15) is 0 Å². The van der Waals surface area contributed by atoms with Crippen molar-refractivity contribution < 1.29 is 9.90 Å². The van der Waals surface area contributed by atoms with Gasteiger partial charge in [0.15, 0.2) is 0 Å². The fourth-order valence-corrected chi connectivity index (χ4v) is 2.41. The van der Waals surface area contributed by atoms with Crippen LogP contribution in [0, 0.1) is 0 Å². The maximum absolute atomic E-state index is 12.0. The molecule has 2 N–H and O–H groups in total. The molecule has 2 atom stereocenters. The van der Waals surface area contributed by atoms with Gasteiger partial charge in [0.05, 0.1) is 18.7 Å². The summed E-state index contributed by atoms with van der Waals surface area (Å²) in [6.07, 6.45) is 4.03. The lowest BCUT2D eigenvalue weighted by atomic mass is 10.2. The molecule has 0 aromatic carbocycles. The van der Waals surface area contributed by atoms with Crippen LogP contribution in [0.1, 0.15) is 25.7 Å². The van der Waals surface area contributed by atoms with Crippen molar-refractivity contribution in [1.82, 2.24) is 10.2 Å². The van der Waals surface area contributed by atoms with E-state index in [0.717, 1.165) is 38.8 Å². The van der Waals surface area contributed by atoms with Crippen LogP contribution >= 0.6 is 0 Å². The van der Waals surface area contributed by atoms with Gasteiger partial charge in [0.2, 0.25) is 5.91 Å². The van der Waals surface area contributed by atoms with Crippen molar-refractivity contribution in [3.8, 4) is 0 Å². The minimum absolute atomic E-state index is 0.0159. The van der Waals surface area contributed by atoms with Crippen LogP contribution in [-0.4, -0.2) is 47.7 Å². The number of aliphatic hydroxyl groups is 1. The minimum atomic E-state index is 0.0159. The Morgan fingerprint density at radius 2 is 2.29 bits per heavy atom. The second kappa shape index (κ2) is 4.28. The van der Waals surface area contributed by atoms with Crippen molar-refractivity contribution in [1.29, 1.82) is 0 Å². The summed E-state index contributed by atoms with van der Waals surface area (Å²) in [7, 11) is 0. The average molecular weight is 198 g/mol. The van der Waals surface area contributed by atoms with E-state index in [1.807, 2.05) is 4.90 Å². The lowest BCUT2D eigenvalue weighted by molar-refractivity contribution is -0.134. The molecule has 2 heterocycles. The molecule has 0 aliphatic carbocycles. The summed E-state index contributed by atoms with van der Waals surface area (Å²) in [5.41, 5.74) is 0. The lowest BCUT2D eigenvalue weighted by Crippen LogP contribution is -2.46.